The first-order valence-electron chi connectivity index (χ1n) is 5.01. The lowest BCUT2D eigenvalue weighted by molar-refractivity contribution is 0.410. The number of halogens is 1. The summed E-state index contributed by atoms with van der Waals surface area (Å²) in [5.74, 6) is 0.0854. The molecule has 4 nitrogen and oxygen atoms in total. The quantitative estimate of drug-likeness (QED) is 0.909. The summed E-state index contributed by atoms with van der Waals surface area (Å²) in [7, 11) is 1.49. The molecule has 1 heterocycles. The van der Waals surface area contributed by atoms with Crippen molar-refractivity contribution in [1.82, 2.24) is 9.59 Å². The topological polar surface area (TPSA) is 61.0 Å². The lowest BCUT2D eigenvalue weighted by atomic mass is 10.0. The highest BCUT2D eigenvalue weighted by atomic mass is 32.1. The van der Waals surface area contributed by atoms with Crippen LogP contribution in [-0.2, 0) is 0 Å². The first-order valence-corrected chi connectivity index (χ1v) is 5.78. The Morgan fingerprint density at radius 3 is 2.76 bits per heavy atom. The standard InChI is InChI=1S/C11H12FN3OS/c1-6-11(17-15-14-6)10(13)8-4-3-7(16-2)5-9(8)12/h3-5,10H,13H2,1-2H3. The molecule has 0 saturated carbocycles. The average molecular weight is 253 g/mol. The number of benzene rings is 1. The van der Waals surface area contributed by atoms with Gasteiger partial charge < -0.3 is 10.5 Å². The molecule has 17 heavy (non-hydrogen) atoms. The van der Waals surface area contributed by atoms with E-state index >= 15 is 0 Å². The fourth-order valence-corrected chi connectivity index (χ4v) is 2.22. The zero-order chi connectivity index (χ0) is 12.4. The molecule has 6 heteroatoms. The van der Waals surface area contributed by atoms with Gasteiger partial charge in [0.25, 0.3) is 0 Å². The van der Waals surface area contributed by atoms with E-state index < -0.39 is 6.04 Å². The van der Waals surface area contributed by atoms with Gasteiger partial charge in [-0.05, 0) is 24.5 Å². The van der Waals surface area contributed by atoms with Gasteiger partial charge in [0.05, 0.1) is 23.7 Å². The predicted molar refractivity (Wildman–Crippen MR) is 63.6 cm³/mol. The van der Waals surface area contributed by atoms with Gasteiger partial charge in [0, 0.05) is 11.6 Å². The summed E-state index contributed by atoms with van der Waals surface area (Å²) in [5.41, 5.74) is 7.15. The van der Waals surface area contributed by atoms with Crippen molar-refractivity contribution in [2.75, 3.05) is 7.11 Å². The van der Waals surface area contributed by atoms with Crippen LogP contribution in [0, 0.1) is 12.7 Å². The Morgan fingerprint density at radius 2 is 2.24 bits per heavy atom. The fourth-order valence-electron chi connectivity index (χ4n) is 1.55. The molecule has 2 aromatic rings. The third-order valence-electron chi connectivity index (χ3n) is 2.51. The van der Waals surface area contributed by atoms with E-state index in [9.17, 15) is 4.39 Å². The summed E-state index contributed by atoms with van der Waals surface area (Å²) in [5, 5.41) is 3.87. The summed E-state index contributed by atoms with van der Waals surface area (Å²) in [6, 6.07) is 4.08. The highest BCUT2D eigenvalue weighted by molar-refractivity contribution is 7.05. The molecular weight excluding hydrogens is 241 g/mol. The van der Waals surface area contributed by atoms with E-state index in [4.69, 9.17) is 10.5 Å². The molecule has 0 saturated heterocycles. The molecule has 2 N–H and O–H groups in total. The van der Waals surface area contributed by atoms with E-state index in [1.165, 1.54) is 24.7 Å². The van der Waals surface area contributed by atoms with E-state index in [1.807, 2.05) is 0 Å². The lowest BCUT2D eigenvalue weighted by Crippen LogP contribution is -2.13. The molecule has 0 radical (unpaired) electrons. The predicted octanol–water partition coefficient (Wildman–Crippen LogP) is 2.04. The number of nitrogens with two attached hydrogens (primary N) is 1. The molecule has 2 rings (SSSR count). The third-order valence-corrected chi connectivity index (χ3v) is 3.42. The van der Waals surface area contributed by atoms with Crippen LogP contribution in [0.5, 0.6) is 5.75 Å². The molecule has 0 spiro atoms. The highest BCUT2D eigenvalue weighted by Gasteiger charge is 2.18. The second-order valence-electron chi connectivity index (χ2n) is 3.59. The number of aromatic nitrogens is 2. The Kier molecular flexibility index (Phi) is 3.35. The minimum Gasteiger partial charge on any atom is -0.497 e. The molecule has 1 unspecified atom stereocenters. The molecule has 0 bridgehead atoms. The third kappa shape index (κ3) is 2.27. The summed E-state index contributed by atoms with van der Waals surface area (Å²) in [6.07, 6.45) is 0. The van der Waals surface area contributed by atoms with Crippen molar-refractivity contribution >= 4 is 11.5 Å². The zero-order valence-electron chi connectivity index (χ0n) is 9.48. The van der Waals surface area contributed by atoms with E-state index in [2.05, 4.69) is 9.59 Å². The van der Waals surface area contributed by atoms with Gasteiger partial charge >= 0.3 is 0 Å². The fraction of sp³-hybridized carbons (Fsp3) is 0.273. The molecule has 0 amide bonds. The van der Waals surface area contributed by atoms with Crippen LogP contribution >= 0.6 is 11.5 Å². The minimum atomic E-state index is -0.541. The maximum absolute atomic E-state index is 13.8. The van der Waals surface area contributed by atoms with Crippen LogP contribution in [0.4, 0.5) is 4.39 Å². The monoisotopic (exact) mass is 253 g/mol. The van der Waals surface area contributed by atoms with Gasteiger partial charge in [0.15, 0.2) is 0 Å². The summed E-state index contributed by atoms with van der Waals surface area (Å²) in [4.78, 5) is 0.772. The van der Waals surface area contributed by atoms with E-state index in [0.29, 0.717) is 11.3 Å². The van der Waals surface area contributed by atoms with E-state index in [0.717, 1.165) is 10.6 Å². The van der Waals surface area contributed by atoms with Crippen molar-refractivity contribution < 1.29 is 9.13 Å². The van der Waals surface area contributed by atoms with Crippen LogP contribution in [0.2, 0.25) is 0 Å². The molecule has 0 aliphatic rings. The molecular formula is C11H12FN3OS. The number of hydrogen-bond acceptors (Lipinski definition) is 5. The van der Waals surface area contributed by atoms with Crippen LogP contribution in [0.25, 0.3) is 0 Å². The number of nitrogens with zero attached hydrogens (tertiary/aromatic N) is 2. The second kappa shape index (κ2) is 4.77. The Labute approximate surface area is 102 Å². The maximum atomic E-state index is 13.8. The van der Waals surface area contributed by atoms with Crippen LogP contribution in [0.15, 0.2) is 18.2 Å². The van der Waals surface area contributed by atoms with Crippen molar-refractivity contribution in [2.24, 2.45) is 5.73 Å². The minimum absolute atomic E-state index is 0.385. The first kappa shape index (κ1) is 11.9. The van der Waals surface area contributed by atoms with Crippen LogP contribution in [0.3, 0.4) is 0 Å². The van der Waals surface area contributed by atoms with Gasteiger partial charge in [0.1, 0.15) is 11.6 Å². The zero-order valence-corrected chi connectivity index (χ0v) is 10.3. The Bertz CT molecular complexity index is 529. The number of methoxy groups -OCH3 is 1. The average Bonchev–Trinajstić information content (AvgIpc) is 2.74. The van der Waals surface area contributed by atoms with Gasteiger partial charge in [-0.15, -0.1) is 5.10 Å². The smallest absolute Gasteiger partial charge is 0.132 e. The number of aryl methyl sites for hydroxylation is 1. The molecule has 0 aliphatic heterocycles. The SMILES string of the molecule is COc1ccc(C(N)c2snnc2C)c(F)c1. The van der Waals surface area contributed by atoms with Gasteiger partial charge in [-0.2, -0.15) is 0 Å². The summed E-state index contributed by atoms with van der Waals surface area (Å²) >= 11 is 1.19. The van der Waals surface area contributed by atoms with Crippen LogP contribution < -0.4 is 10.5 Å². The van der Waals surface area contributed by atoms with E-state index in [-0.39, 0.29) is 5.82 Å². The Morgan fingerprint density at radius 1 is 1.47 bits per heavy atom. The normalized spacial score (nSPS) is 12.5. The van der Waals surface area contributed by atoms with Gasteiger partial charge in [-0.3, -0.25) is 0 Å². The van der Waals surface area contributed by atoms with Crippen molar-refractivity contribution in [2.45, 2.75) is 13.0 Å². The first-order chi connectivity index (χ1) is 8.13. The maximum Gasteiger partial charge on any atom is 0.132 e. The number of hydrogen-bond donors (Lipinski definition) is 1. The highest BCUT2D eigenvalue weighted by Crippen LogP contribution is 2.28. The van der Waals surface area contributed by atoms with Crippen molar-refractivity contribution in [3.63, 3.8) is 0 Å². The van der Waals surface area contributed by atoms with Crippen molar-refractivity contribution in [3.05, 3.63) is 40.2 Å². The van der Waals surface area contributed by atoms with E-state index in [1.54, 1.807) is 19.1 Å². The molecule has 1 aromatic carbocycles. The number of rotatable bonds is 3. The largest absolute Gasteiger partial charge is 0.497 e. The Balaban J connectivity index is 2.38. The summed E-state index contributed by atoms with van der Waals surface area (Å²) < 4.78 is 22.6. The molecule has 1 aromatic heterocycles. The van der Waals surface area contributed by atoms with Crippen molar-refractivity contribution in [1.29, 1.82) is 0 Å². The number of ether oxygens (including phenoxy) is 1. The Hall–Kier alpha value is -1.53. The van der Waals surface area contributed by atoms with Crippen molar-refractivity contribution in [3.8, 4) is 5.75 Å². The van der Waals surface area contributed by atoms with Crippen LogP contribution in [-0.4, -0.2) is 16.7 Å². The van der Waals surface area contributed by atoms with Gasteiger partial charge in [-0.25, -0.2) is 4.39 Å². The molecule has 90 valence electrons. The van der Waals surface area contributed by atoms with Crippen LogP contribution in [0.1, 0.15) is 22.2 Å². The molecule has 1 atom stereocenters. The summed E-state index contributed by atoms with van der Waals surface area (Å²) in [6.45, 7) is 1.81. The second-order valence-corrected chi connectivity index (χ2v) is 4.37. The molecule has 0 aliphatic carbocycles. The lowest BCUT2D eigenvalue weighted by Gasteiger charge is -2.12. The molecule has 0 fully saturated rings. The van der Waals surface area contributed by atoms with Gasteiger partial charge in [-0.1, -0.05) is 10.6 Å². The van der Waals surface area contributed by atoms with Gasteiger partial charge in [0.2, 0.25) is 0 Å².